The predicted octanol–water partition coefficient (Wildman–Crippen LogP) is 2.19. The maximum Gasteiger partial charge on any atom is 0.573 e. The van der Waals surface area contributed by atoms with E-state index < -0.39 is 17.9 Å². The zero-order valence-electron chi connectivity index (χ0n) is 7.18. The summed E-state index contributed by atoms with van der Waals surface area (Å²) in [6.45, 7) is 0. The smallest absolute Gasteiger partial charge is 0.404 e. The maximum absolute atomic E-state index is 13.0. The molecule has 0 saturated heterocycles. The second kappa shape index (κ2) is 4.13. The fraction of sp³-hybridized carbons (Fsp3) is 0.250. The van der Waals surface area contributed by atoms with E-state index in [4.69, 9.17) is 5.26 Å². The zero-order valence-corrected chi connectivity index (χ0v) is 7.18. The summed E-state index contributed by atoms with van der Waals surface area (Å²) in [7, 11) is 0. The highest BCUT2D eigenvalue weighted by Gasteiger charge is 2.31. The molecule has 0 spiro atoms. The van der Waals surface area contributed by atoms with Gasteiger partial charge < -0.3 is 4.74 Å². The first kappa shape index (κ1) is 11.2. The van der Waals surface area contributed by atoms with Crippen LogP contribution in [0.1, 0.15) is 5.69 Å². The Morgan fingerprint density at radius 3 is 2.60 bits per heavy atom. The number of hydrogen-bond acceptors (Lipinski definition) is 3. The van der Waals surface area contributed by atoms with Gasteiger partial charge in [0.1, 0.15) is 5.82 Å². The Bertz CT molecular complexity index is 397. The monoisotopic (exact) mass is 220 g/mol. The van der Waals surface area contributed by atoms with Crippen LogP contribution in [-0.2, 0) is 6.42 Å². The van der Waals surface area contributed by atoms with Crippen molar-refractivity contribution in [2.45, 2.75) is 12.8 Å². The van der Waals surface area contributed by atoms with E-state index >= 15 is 0 Å². The van der Waals surface area contributed by atoms with Crippen molar-refractivity contribution in [2.75, 3.05) is 0 Å². The second-order valence-electron chi connectivity index (χ2n) is 2.48. The molecule has 1 heterocycles. The minimum Gasteiger partial charge on any atom is -0.404 e. The number of nitrogens with zero attached hydrogens (tertiary/aromatic N) is 2. The molecule has 3 nitrogen and oxygen atoms in total. The van der Waals surface area contributed by atoms with Crippen LogP contribution in [-0.4, -0.2) is 11.3 Å². The third-order valence-corrected chi connectivity index (χ3v) is 1.37. The first-order chi connectivity index (χ1) is 6.92. The van der Waals surface area contributed by atoms with E-state index in [0.29, 0.717) is 12.3 Å². The van der Waals surface area contributed by atoms with E-state index in [1.807, 2.05) is 0 Å². The first-order valence-electron chi connectivity index (χ1n) is 3.69. The summed E-state index contributed by atoms with van der Waals surface area (Å²) >= 11 is 0. The van der Waals surface area contributed by atoms with Crippen LogP contribution >= 0.6 is 0 Å². The van der Waals surface area contributed by atoms with E-state index in [9.17, 15) is 17.6 Å². The van der Waals surface area contributed by atoms with Crippen molar-refractivity contribution in [1.82, 2.24) is 4.98 Å². The van der Waals surface area contributed by atoms with Crippen LogP contribution in [0.5, 0.6) is 5.75 Å². The number of alkyl halides is 3. The molecule has 0 radical (unpaired) electrons. The molecule has 1 rings (SSSR count). The Balaban J connectivity index is 2.88. The van der Waals surface area contributed by atoms with Gasteiger partial charge in [-0.05, 0) is 0 Å². The van der Waals surface area contributed by atoms with Crippen LogP contribution in [0, 0.1) is 17.1 Å². The summed E-state index contributed by atoms with van der Waals surface area (Å²) in [6.07, 6.45) is -4.48. The average molecular weight is 220 g/mol. The number of aromatic nitrogens is 1. The van der Waals surface area contributed by atoms with Crippen molar-refractivity contribution in [3.63, 3.8) is 0 Å². The van der Waals surface area contributed by atoms with E-state index in [0.717, 1.165) is 0 Å². The van der Waals surface area contributed by atoms with Gasteiger partial charge in [0.25, 0.3) is 0 Å². The van der Waals surface area contributed by atoms with Gasteiger partial charge in [0, 0.05) is 6.07 Å². The van der Waals surface area contributed by atoms with E-state index in [-0.39, 0.29) is 12.1 Å². The molecule has 0 N–H and O–H groups in total. The molecule has 0 unspecified atom stereocenters. The Kier molecular flexibility index (Phi) is 3.09. The molecule has 0 aliphatic carbocycles. The summed E-state index contributed by atoms with van der Waals surface area (Å²) < 4.78 is 51.5. The maximum atomic E-state index is 13.0. The van der Waals surface area contributed by atoms with Crippen molar-refractivity contribution in [2.24, 2.45) is 0 Å². The van der Waals surface area contributed by atoms with Crippen molar-refractivity contribution >= 4 is 0 Å². The number of hydrogen-bond donors (Lipinski definition) is 0. The first-order valence-corrected chi connectivity index (χ1v) is 3.69. The van der Waals surface area contributed by atoms with Crippen LogP contribution < -0.4 is 4.74 Å². The van der Waals surface area contributed by atoms with Gasteiger partial charge in [0.05, 0.1) is 24.4 Å². The van der Waals surface area contributed by atoms with Crippen LogP contribution in [0.3, 0.4) is 0 Å². The Morgan fingerprint density at radius 1 is 1.47 bits per heavy atom. The third-order valence-electron chi connectivity index (χ3n) is 1.37. The lowest BCUT2D eigenvalue weighted by Crippen LogP contribution is -2.17. The second-order valence-corrected chi connectivity index (χ2v) is 2.48. The molecule has 80 valence electrons. The minimum absolute atomic E-state index is 0.216. The number of rotatable bonds is 2. The molecule has 0 amide bonds. The largest absolute Gasteiger partial charge is 0.573 e. The molecular weight excluding hydrogens is 216 g/mol. The van der Waals surface area contributed by atoms with Crippen molar-refractivity contribution < 1.29 is 22.3 Å². The van der Waals surface area contributed by atoms with E-state index in [1.54, 1.807) is 6.07 Å². The molecule has 15 heavy (non-hydrogen) atoms. The van der Waals surface area contributed by atoms with Crippen molar-refractivity contribution in [3.05, 3.63) is 23.8 Å². The van der Waals surface area contributed by atoms with E-state index in [1.165, 1.54) is 0 Å². The molecule has 0 atom stereocenters. The molecule has 7 heteroatoms. The average Bonchev–Trinajstić information content (AvgIpc) is 2.07. The quantitative estimate of drug-likeness (QED) is 0.717. The number of pyridine rings is 1. The Morgan fingerprint density at radius 2 is 2.13 bits per heavy atom. The lowest BCUT2D eigenvalue weighted by Gasteiger charge is -2.08. The predicted molar refractivity (Wildman–Crippen MR) is 40.2 cm³/mol. The summed E-state index contributed by atoms with van der Waals surface area (Å²) in [6, 6.07) is 2.16. The highest BCUT2D eigenvalue weighted by Crippen LogP contribution is 2.23. The van der Waals surface area contributed by atoms with Crippen molar-refractivity contribution in [3.8, 4) is 11.8 Å². The van der Waals surface area contributed by atoms with E-state index in [2.05, 4.69) is 9.72 Å². The Hall–Kier alpha value is -1.84. The molecule has 0 aliphatic heterocycles. The molecule has 0 fully saturated rings. The number of ether oxygens (including phenoxy) is 1. The fourth-order valence-corrected chi connectivity index (χ4v) is 0.843. The molecule has 1 aromatic rings. The van der Waals surface area contributed by atoms with Crippen LogP contribution in [0.2, 0.25) is 0 Å². The lowest BCUT2D eigenvalue weighted by molar-refractivity contribution is -0.274. The zero-order chi connectivity index (χ0) is 11.5. The molecule has 0 aromatic carbocycles. The minimum atomic E-state index is -4.88. The molecule has 0 aliphatic rings. The van der Waals surface area contributed by atoms with Gasteiger partial charge in [0.15, 0.2) is 5.75 Å². The number of nitriles is 1. The van der Waals surface area contributed by atoms with Gasteiger partial charge >= 0.3 is 6.36 Å². The highest BCUT2D eigenvalue weighted by molar-refractivity contribution is 5.23. The summed E-state index contributed by atoms with van der Waals surface area (Å²) in [5, 5.41) is 8.23. The summed E-state index contributed by atoms with van der Waals surface area (Å²) in [5.41, 5.74) is -0.216. The van der Waals surface area contributed by atoms with Crippen LogP contribution in [0.15, 0.2) is 12.3 Å². The molecular formula is C8H4F4N2O. The standard InChI is InChI=1S/C8H4F4N2O/c9-6-3-5(15-8(10,11)12)4-14-7(6)1-2-13/h3-4H,1H2. The summed E-state index contributed by atoms with van der Waals surface area (Å²) in [4.78, 5) is 3.33. The highest BCUT2D eigenvalue weighted by atomic mass is 19.4. The SMILES string of the molecule is N#CCc1ncc(OC(F)(F)F)cc1F. The van der Waals surface area contributed by atoms with Gasteiger partial charge in [-0.25, -0.2) is 4.39 Å². The van der Waals surface area contributed by atoms with Gasteiger partial charge in [-0.15, -0.1) is 13.2 Å². The van der Waals surface area contributed by atoms with Gasteiger partial charge in [-0.3, -0.25) is 4.98 Å². The lowest BCUT2D eigenvalue weighted by atomic mass is 10.3. The van der Waals surface area contributed by atoms with Gasteiger partial charge in [-0.2, -0.15) is 5.26 Å². The van der Waals surface area contributed by atoms with Gasteiger partial charge in [-0.1, -0.05) is 0 Å². The molecule has 0 saturated carbocycles. The topological polar surface area (TPSA) is 45.9 Å². The normalized spacial score (nSPS) is 10.9. The molecule has 1 aromatic heterocycles. The van der Waals surface area contributed by atoms with Crippen molar-refractivity contribution in [1.29, 1.82) is 5.26 Å². The van der Waals surface area contributed by atoms with Crippen LogP contribution in [0.25, 0.3) is 0 Å². The van der Waals surface area contributed by atoms with Gasteiger partial charge in [0.2, 0.25) is 0 Å². The third kappa shape index (κ3) is 3.42. The Labute approximate surface area is 81.9 Å². The summed E-state index contributed by atoms with van der Waals surface area (Å²) in [5.74, 6) is -1.75. The van der Waals surface area contributed by atoms with Crippen LogP contribution in [0.4, 0.5) is 17.6 Å². The fourth-order valence-electron chi connectivity index (χ4n) is 0.843. The number of halogens is 4. The molecule has 0 bridgehead atoms.